The third kappa shape index (κ3) is 3.60. The molecule has 0 atom stereocenters. The van der Waals surface area contributed by atoms with Gasteiger partial charge in [0.1, 0.15) is 5.76 Å². The van der Waals surface area contributed by atoms with Crippen LogP contribution in [-0.2, 0) is 6.54 Å². The summed E-state index contributed by atoms with van der Waals surface area (Å²) in [6.45, 7) is 11.2. The highest BCUT2D eigenvalue weighted by Crippen LogP contribution is 2.16. The number of hydrogen-bond donors (Lipinski definition) is 1. The fourth-order valence-corrected chi connectivity index (χ4v) is 1.59. The van der Waals surface area contributed by atoms with E-state index in [2.05, 4.69) is 18.1 Å². The zero-order chi connectivity index (χ0) is 12.8. The van der Waals surface area contributed by atoms with E-state index in [4.69, 9.17) is 9.52 Å². The van der Waals surface area contributed by atoms with Gasteiger partial charge < -0.3 is 9.52 Å². The van der Waals surface area contributed by atoms with Crippen molar-refractivity contribution in [1.82, 2.24) is 4.90 Å². The van der Waals surface area contributed by atoms with Gasteiger partial charge >= 0.3 is 5.97 Å². The highest BCUT2D eigenvalue weighted by atomic mass is 16.4. The molecule has 0 saturated carbocycles. The van der Waals surface area contributed by atoms with Crippen molar-refractivity contribution in [1.29, 1.82) is 0 Å². The Kier molecular flexibility index (Phi) is 4.72. The number of nitrogens with zero attached hydrogens (tertiary/aromatic N) is 1. The maximum atomic E-state index is 10.8. The minimum absolute atomic E-state index is 0.0188. The molecule has 0 bridgehead atoms. The summed E-state index contributed by atoms with van der Waals surface area (Å²) < 4.78 is 5.16. The first-order valence-corrected chi connectivity index (χ1v) is 5.35. The zero-order valence-electron chi connectivity index (χ0n) is 9.98. The van der Waals surface area contributed by atoms with E-state index in [9.17, 15) is 4.79 Å². The molecule has 1 rings (SSSR count). The van der Waals surface area contributed by atoms with Gasteiger partial charge in [-0.3, -0.25) is 4.90 Å². The van der Waals surface area contributed by atoms with Gasteiger partial charge in [0.05, 0.1) is 0 Å². The fourth-order valence-electron chi connectivity index (χ4n) is 1.59. The van der Waals surface area contributed by atoms with Gasteiger partial charge in [-0.05, 0) is 13.0 Å². The number of furan rings is 1. The molecule has 0 aliphatic heterocycles. The van der Waals surface area contributed by atoms with E-state index < -0.39 is 5.97 Å². The number of carboxylic acid groups (broad SMARTS) is 1. The summed E-state index contributed by atoms with van der Waals surface area (Å²) in [5.41, 5.74) is 0.881. The molecule has 0 radical (unpaired) electrons. The standard InChI is InChI=1S/C13H17NO3/c1-4-6-14(7-5-2)9-11-8-12(13(15)16)17-10(11)3/h4-5,8H,1-2,6-7,9H2,3H3,(H,15,16). The molecular formula is C13H17NO3. The monoisotopic (exact) mass is 235 g/mol. The Balaban J connectivity index is 2.80. The van der Waals surface area contributed by atoms with Gasteiger partial charge in [0.25, 0.3) is 0 Å². The smallest absolute Gasteiger partial charge is 0.371 e. The van der Waals surface area contributed by atoms with Crippen LogP contribution in [0.3, 0.4) is 0 Å². The van der Waals surface area contributed by atoms with Gasteiger partial charge in [-0.1, -0.05) is 12.2 Å². The largest absolute Gasteiger partial charge is 0.475 e. The Labute approximate surface area is 101 Å². The molecule has 4 heteroatoms. The molecule has 0 amide bonds. The van der Waals surface area contributed by atoms with Crippen LogP contribution in [0.2, 0.25) is 0 Å². The van der Waals surface area contributed by atoms with Crippen molar-refractivity contribution in [3.63, 3.8) is 0 Å². The van der Waals surface area contributed by atoms with Gasteiger partial charge in [-0.15, -0.1) is 13.2 Å². The summed E-state index contributed by atoms with van der Waals surface area (Å²) in [5.74, 6) is -0.423. The summed E-state index contributed by atoms with van der Waals surface area (Å²) >= 11 is 0. The lowest BCUT2D eigenvalue weighted by atomic mass is 10.2. The highest BCUT2D eigenvalue weighted by Gasteiger charge is 2.14. The van der Waals surface area contributed by atoms with Crippen LogP contribution < -0.4 is 0 Å². The maximum Gasteiger partial charge on any atom is 0.371 e. The number of rotatable bonds is 7. The van der Waals surface area contributed by atoms with Crippen LogP contribution in [0.1, 0.15) is 21.9 Å². The normalized spacial score (nSPS) is 10.5. The summed E-state index contributed by atoms with van der Waals surface area (Å²) in [5, 5.41) is 8.82. The Hall–Kier alpha value is -1.81. The minimum atomic E-state index is -1.04. The van der Waals surface area contributed by atoms with E-state index in [0.29, 0.717) is 12.3 Å². The molecule has 1 aromatic rings. The van der Waals surface area contributed by atoms with Gasteiger partial charge in [0, 0.05) is 25.2 Å². The Morgan fingerprint density at radius 1 is 1.47 bits per heavy atom. The molecule has 0 aliphatic carbocycles. The van der Waals surface area contributed by atoms with E-state index >= 15 is 0 Å². The van der Waals surface area contributed by atoms with Gasteiger partial charge in [0.15, 0.2) is 0 Å². The van der Waals surface area contributed by atoms with Crippen molar-refractivity contribution in [2.24, 2.45) is 0 Å². The van der Waals surface area contributed by atoms with E-state index in [1.807, 2.05) is 0 Å². The summed E-state index contributed by atoms with van der Waals surface area (Å²) in [6.07, 6.45) is 3.61. The molecule has 0 saturated heterocycles. The van der Waals surface area contributed by atoms with Crippen molar-refractivity contribution in [2.45, 2.75) is 13.5 Å². The van der Waals surface area contributed by atoms with Crippen molar-refractivity contribution < 1.29 is 14.3 Å². The van der Waals surface area contributed by atoms with E-state index in [-0.39, 0.29) is 5.76 Å². The molecule has 1 N–H and O–H groups in total. The van der Waals surface area contributed by atoms with Crippen LogP contribution in [0.4, 0.5) is 0 Å². The summed E-state index contributed by atoms with van der Waals surface area (Å²) in [6, 6.07) is 1.57. The fraction of sp³-hybridized carbons (Fsp3) is 0.308. The first-order chi connectivity index (χ1) is 8.08. The Morgan fingerprint density at radius 2 is 2.06 bits per heavy atom. The van der Waals surface area contributed by atoms with E-state index in [1.54, 1.807) is 25.1 Å². The van der Waals surface area contributed by atoms with Crippen LogP contribution in [-0.4, -0.2) is 29.1 Å². The maximum absolute atomic E-state index is 10.8. The molecule has 0 aliphatic rings. The van der Waals surface area contributed by atoms with Gasteiger partial charge in [0.2, 0.25) is 5.76 Å². The lowest BCUT2D eigenvalue weighted by Gasteiger charge is -2.17. The molecule has 0 aromatic carbocycles. The second-order valence-corrected chi connectivity index (χ2v) is 3.77. The average molecular weight is 235 g/mol. The first-order valence-electron chi connectivity index (χ1n) is 5.35. The number of carboxylic acids is 1. The molecule has 1 aromatic heterocycles. The SMILES string of the molecule is C=CCN(CC=C)Cc1cc(C(=O)O)oc1C. The number of aryl methyl sites for hydroxylation is 1. The predicted molar refractivity (Wildman–Crippen MR) is 66.1 cm³/mol. The van der Waals surface area contributed by atoms with E-state index in [0.717, 1.165) is 18.7 Å². The Morgan fingerprint density at radius 3 is 2.47 bits per heavy atom. The first kappa shape index (κ1) is 13.3. The van der Waals surface area contributed by atoms with Crippen LogP contribution in [0.25, 0.3) is 0 Å². The van der Waals surface area contributed by atoms with Crippen molar-refractivity contribution in [3.05, 3.63) is 48.5 Å². The van der Waals surface area contributed by atoms with Crippen LogP contribution in [0.5, 0.6) is 0 Å². The summed E-state index contributed by atoms with van der Waals surface area (Å²) in [7, 11) is 0. The van der Waals surface area contributed by atoms with E-state index in [1.165, 1.54) is 0 Å². The third-order valence-corrected chi connectivity index (χ3v) is 2.40. The third-order valence-electron chi connectivity index (χ3n) is 2.40. The molecule has 0 fully saturated rings. The molecule has 0 unspecified atom stereocenters. The highest BCUT2D eigenvalue weighted by molar-refractivity contribution is 5.84. The number of hydrogen-bond acceptors (Lipinski definition) is 3. The number of aromatic carboxylic acids is 1. The molecule has 0 spiro atoms. The zero-order valence-corrected chi connectivity index (χ0v) is 9.98. The minimum Gasteiger partial charge on any atom is -0.475 e. The second-order valence-electron chi connectivity index (χ2n) is 3.77. The molecule has 92 valence electrons. The van der Waals surface area contributed by atoms with Crippen molar-refractivity contribution >= 4 is 5.97 Å². The van der Waals surface area contributed by atoms with Crippen molar-refractivity contribution in [3.8, 4) is 0 Å². The average Bonchev–Trinajstić information content (AvgIpc) is 2.61. The van der Waals surface area contributed by atoms with Crippen LogP contribution >= 0.6 is 0 Å². The van der Waals surface area contributed by atoms with Crippen LogP contribution in [0.15, 0.2) is 35.8 Å². The molecule has 4 nitrogen and oxygen atoms in total. The molecular weight excluding hydrogens is 218 g/mol. The lowest BCUT2D eigenvalue weighted by Crippen LogP contribution is -2.23. The number of carbonyl (C=O) groups is 1. The van der Waals surface area contributed by atoms with Crippen LogP contribution in [0, 0.1) is 6.92 Å². The summed E-state index contributed by atoms with van der Waals surface area (Å²) in [4.78, 5) is 12.9. The molecule has 1 heterocycles. The van der Waals surface area contributed by atoms with Gasteiger partial charge in [-0.25, -0.2) is 4.79 Å². The molecule has 17 heavy (non-hydrogen) atoms. The van der Waals surface area contributed by atoms with Crippen molar-refractivity contribution in [2.75, 3.05) is 13.1 Å². The lowest BCUT2D eigenvalue weighted by molar-refractivity contribution is 0.0661. The topological polar surface area (TPSA) is 53.7 Å². The second kappa shape index (κ2) is 6.06. The quantitative estimate of drug-likeness (QED) is 0.737. The predicted octanol–water partition coefficient (Wildman–Crippen LogP) is 2.46. The van der Waals surface area contributed by atoms with Gasteiger partial charge in [-0.2, -0.15) is 0 Å². The Bertz CT molecular complexity index is 410.